The fourth-order valence-electron chi connectivity index (χ4n) is 2.78. The van der Waals surface area contributed by atoms with Crippen LogP contribution >= 0.6 is 0 Å². The summed E-state index contributed by atoms with van der Waals surface area (Å²) in [4.78, 5) is 25.8. The predicted molar refractivity (Wildman–Crippen MR) is 93.0 cm³/mol. The van der Waals surface area contributed by atoms with Crippen molar-refractivity contribution < 1.29 is 14.3 Å². The van der Waals surface area contributed by atoms with Gasteiger partial charge in [0.15, 0.2) is 0 Å². The molecule has 2 aromatic rings. The standard InChI is InChI=1S/C18H22N4O3/c1-2-17(23)19-11-16-12-22(7-8-25-16)18(24)14-5-3-13(4-6-14)15-9-20-21-10-15/h3-6,9-10,16H,2,7-8,11-12H2,1H3,(H,19,23)(H,20,21). The Morgan fingerprint density at radius 3 is 2.80 bits per heavy atom. The first-order chi connectivity index (χ1) is 12.2. The van der Waals surface area contributed by atoms with Gasteiger partial charge < -0.3 is 15.0 Å². The van der Waals surface area contributed by atoms with Gasteiger partial charge in [-0.2, -0.15) is 5.10 Å². The molecule has 2 heterocycles. The van der Waals surface area contributed by atoms with Crippen molar-refractivity contribution in [1.29, 1.82) is 0 Å². The van der Waals surface area contributed by atoms with E-state index in [0.717, 1.165) is 11.1 Å². The van der Waals surface area contributed by atoms with Gasteiger partial charge in [-0.15, -0.1) is 0 Å². The molecule has 2 amide bonds. The van der Waals surface area contributed by atoms with Crippen LogP contribution < -0.4 is 5.32 Å². The van der Waals surface area contributed by atoms with Crippen LogP contribution in [0.5, 0.6) is 0 Å². The lowest BCUT2D eigenvalue weighted by Crippen LogP contribution is -2.49. The monoisotopic (exact) mass is 342 g/mol. The molecule has 0 spiro atoms. The van der Waals surface area contributed by atoms with Gasteiger partial charge in [0.25, 0.3) is 5.91 Å². The average Bonchev–Trinajstić information content (AvgIpc) is 3.20. The molecule has 0 radical (unpaired) electrons. The summed E-state index contributed by atoms with van der Waals surface area (Å²) in [6.07, 6.45) is 3.83. The molecule has 1 unspecified atom stereocenters. The molecule has 0 saturated carbocycles. The number of rotatable bonds is 5. The maximum Gasteiger partial charge on any atom is 0.254 e. The lowest BCUT2D eigenvalue weighted by Gasteiger charge is -2.33. The number of carbonyl (C=O) groups excluding carboxylic acids is 2. The third-order valence-electron chi connectivity index (χ3n) is 4.24. The lowest BCUT2D eigenvalue weighted by molar-refractivity contribution is -0.121. The van der Waals surface area contributed by atoms with E-state index < -0.39 is 0 Å². The van der Waals surface area contributed by atoms with Crippen molar-refractivity contribution in [1.82, 2.24) is 20.4 Å². The van der Waals surface area contributed by atoms with Crippen LogP contribution in [0.2, 0.25) is 0 Å². The molecule has 1 atom stereocenters. The van der Waals surface area contributed by atoms with E-state index in [9.17, 15) is 9.59 Å². The van der Waals surface area contributed by atoms with Crippen LogP contribution in [0.15, 0.2) is 36.7 Å². The highest BCUT2D eigenvalue weighted by atomic mass is 16.5. The van der Waals surface area contributed by atoms with Gasteiger partial charge in [0.2, 0.25) is 5.91 Å². The van der Waals surface area contributed by atoms with E-state index in [1.807, 2.05) is 30.5 Å². The van der Waals surface area contributed by atoms with E-state index >= 15 is 0 Å². The van der Waals surface area contributed by atoms with Gasteiger partial charge >= 0.3 is 0 Å². The zero-order valence-corrected chi connectivity index (χ0v) is 14.2. The van der Waals surface area contributed by atoms with Crippen molar-refractivity contribution >= 4 is 11.8 Å². The molecule has 132 valence electrons. The van der Waals surface area contributed by atoms with E-state index in [1.54, 1.807) is 18.0 Å². The Labute approximate surface area is 146 Å². The number of carbonyl (C=O) groups is 2. The normalized spacial score (nSPS) is 17.3. The van der Waals surface area contributed by atoms with Gasteiger partial charge in [-0.05, 0) is 17.7 Å². The van der Waals surface area contributed by atoms with Crippen molar-refractivity contribution in [3.63, 3.8) is 0 Å². The van der Waals surface area contributed by atoms with Gasteiger partial charge in [0.05, 0.1) is 18.9 Å². The van der Waals surface area contributed by atoms with Crippen LogP contribution in [0, 0.1) is 0 Å². The Balaban J connectivity index is 1.61. The number of aromatic amines is 1. The Kier molecular flexibility index (Phi) is 5.45. The lowest BCUT2D eigenvalue weighted by atomic mass is 10.1. The molecule has 1 saturated heterocycles. The van der Waals surface area contributed by atoms with Crippen LogP contribution in [-0.4, -0.2) is 59.3 Å². The first-order valence-corrected chi connectivity index (χ1v) is 8.44. The van der Waals surface area contributed by atoms with Crippen molar-refractivity contribution in [2.24, 2.45) is 0 Å². The molecule has 3 rings (SSSR count). The maximum absolute atomic E-state index is 12.7. The quantitative estimate of drug-likeness (QED) is 0.861. The molecule has 1 aliphatic rings. The van der Waals surface area contributed by atoms with Crippen LogP contribution in [-0.2, 0) is 9.53 Å². The second-order valence-electron chi connectivity index (χ2n) is 5.97. The summed E-state index contributed by atoms with van der Waals surface area (Å²) in [5.74, 6) is -0.0317. The summed E-state index contributed by atoms with van der Waals surface area (Å²) >= 11 is 0. The summed E-state index contributed by atoms with van der Waals surface area (Å²) in [5.41, 5.74) is 2.63. The van der Waals surface area contributed by atoms with E-state index in [4.69, 9.17) is 4.74 Å². The van der Waals surface area contributed by atoms with Gasteiger partial charge in [0, 0.05) is 43.4 Å². The van der Waals surface area contributed by atoms with E-state index in [-0.39, 0.29) is 17.9 Å². The minimum Gasteiger partial charge on any atom is -0.373 e. The predicted octanol–water partition coefficient (Wildman–Crippen LogP) is 1.44. The topological polar surface area (TPSA) is 87.3 Å². The Morgan fingerprint density at radius 1 is 1.32 bits per heavy atom. The van der Waals surface area contributed by atoms with Gasteiger partial charge in [0.1, 0.15) is 0 Å². The molecular formula is C18H22N4O3. The van der Waals surface area contributed by atoms with Gasteiger partial charge in [-0.1, -0.05) is 19.1 Å². The van der Waals surface area contributed by atoms with E-state index in [0.29, 0.717) is 38.2 Å². The maximum atomic E-state index is 12.7. The number of hydrogen-bond acceptors (Lipinski definition) is 4. The third-order valence-corrected chi connectivity index (χ3v) is 4.24. The second kappa shape index (κ2) is 7.94. The van der Waals surface area contributed by atoms with Gasteiger partial charge in [-0.25, -0.2) is 0 Å². The van der Waals surface area contributed by atoms with Crippen molar-refractivity contribution in [2.75, 3.05) is 26.2 Å². The van der Waals surface area contributed by atoms with Crippen molar-refractivity contribution in [3.05, 3.63) is 42.2 Å². The number of amides is 2. The zero-order chi connectivity index (χ0) is 17.6. The minimum absolute atomic E-state index is 0.0121. The summed E-state index contributed by atoms with van der Waals surface area (Å²) in [6, 6.07) is 7.48. The molecule has 1 aromatic heterocycles. The molecule has 25 heavy (non-hydrogen) atoms. The number of morpholine rings is 1. The number of benzene rings is 1. The first-order valence-electron chi connectivity index (χ1n) is 8.44. The van der Waals surface area contributed by atoms with Gasteiger partial charge in [-0.3, -0.25) is 14.7 Å². The van der Waals surface area contributed by atoms with E-state index in [1.165, 1.54) is 0 Å². The number of H-pyrrole nitrogens is 1. The van der Waals surface area contributed by atoms with Crippen LogP contribution in [0.1, 0.15) is 23.7 Å². The first kappa shape index (κ1) is 17.2. The number of aromatic nitrogens is 2. The molecule has 0 aliphatic carbocycles. The molecule has 7 nitrogen and oxygen atoms in total. The van der Waals surface area contributed by atoms with Crippen molar-refractivity contribution in [3.8, 4) is 11.1 Å². The van der Waals surface area contributed by atoms with Crippen LogP contribution in [0.25, 0.3) is 11.1 Å². The Hall–Kier alpha value is -2.67. The Morgan fingerprint density at radius 2 is 2.12 bits per heavy atom. The SMILES string of the molecule is CCC(=O)NCC1CN(C(=O)c2ccc(-c3cn[nH]c3)cc2)CCO1. The second-order valence-corrected chi connectivity index (χ2v) is 5.97. The largest absolute Gasteiger partial charge is 0.373 e. The molecule has 7 heteroatoms. The fraction of sp³-hybridized carbons (Fsp3) is 0.389. The number of nitrogens with zero attached hydrogens (tertiary/aromatic N) is 2. The third kappa shape index (κ3) is 4.24. The van der Waals surface area contributed by atoms with Crippen LogP contribution in [0.3, 0.4) is 0 Å². The molecular weight excluding hydrogens is 320 g/mol. The van der Waals surface area contributed by atoms with Crippen molar-refractivity contribution in [2.45, 2.75) is 19.4 Å². The summed E-state index contributed by atoms with van der Waals surface area (Å²) < 4.78 is 5.64. The minimum atomic E-state index is -0.168. The number of nitrogens with one attached hydrogen (secondary N) is 2. The summed E-state index contributed by atoms with van der Waals surface area (Å²) in [6.45, 7) is 3.74. The molecule has 2 N–H and O–H groups in total. The zero-order valence-electron chi connectivity index (χ0n) is 14.2. The average molecular weight is 342 g/mol. The summed E-state index contributed by atoms with van der Waals surface area (Å²) in [5, 5.41) is 9.52. The highest BCUT2D eigenvalue weighted by Crippen LogP contribution is 2.19. The molecule has 1 fully saturated rings. The number of ether oxygens (including phenoxy) is 1. The van der Waals surface area contributed by atoms with Crippen LogP contribution in [0.4, 0.5) is 0 Å². The molecule has 1 aromatic carbocycles. The highest BCUT2D eigenvalue weighted by molar-refractivity contribution is 5.94. The fourth-order valence-corrected chi connectivity index (χ4v) is 2.78. The molecule has 0 bridgehead atoms. The Bertz CT molecular complexity index is 712. The number of hydrogen-bond donors (Lipinski definition) is 2. The summed E-state index contributed by atoms with van der Waals surface area (Å²) in [7, 11) is 0. The smallest absolute Gasteiger partial charge is 0.254 e. The van der Waals surface area contributed by atoms with E-state index in [2.05, 4.69) is 15.5 Å². The molecule has 1 aliphatic heterocycles. The highest BCUT2D eigenvalue weighted by Gasteiger charge is 2.25.